The number of hydroxylamine groups is 6. The summed E-state index contributed by atoms with van der Waals surface area (Å²) in [4.78, 5) is 136. The number of nitrogens with one attached hydrogen (secondary N) is 4. The predicted octanol–water partition coefficient (Wildman–Crippen LogP) is 0.893. The summed E-state index contributed by atoms with van der Waals surface area (Å²) < 4.78 is 0. The molecule has 0 aliphatic heterocycles. The quantitative estimate of drug-likeness (QED) is 0.0202. The molecule has 4 atom stereocenters. The maximum absolute atomic E-state index is 13.7. The number of aliphatic carboxylic acids is 1. The molecule has 10 amide bonds. The standard InChI is InChI=1S/C40H65N7O16/c1-5-6-7-8-9-10-11-12-13-14-15-16-17-18-33(52)41-29(19-22-34(53)45(61)26(2)49)37(56)42-30(20-23-35(54)46(62)27(3)50)38(57)44-32(25-48)39(58)43-31(40(59)60)21-24-36(55)47(63)28(4)51/h10-11,29-32,48,61-63H,5-9,12-25H2,1-4H3,(H,41,52)(H,42,56)(H,43,58)(H,44,57)(H,59,60)/b11-10-/t29-,30-,31-,32-/m0/s1. The maximum Gasteiger partial charge on any atom is 0.326 e. The fourth-order valence-corrected chi connectivity index (χ4v) is 5.72. The van der Waals surface area contributed by atoms with E-state index in [1.54, 1.807) is 0 Å². The van der Waals surface area contributed by atoms with Crippen LogP contribution in [0.2, 0.25) is 0 Å². The van der Waals surface area contributed by atoms with Crippen LogP contribution in [0.5, 0.6) is 0 Å². The molecule has 0 saturated heterocycles. The smallest absolute Gasteiger partial charge is 0.326 e. The summed E-state index contributed by atoms with van der Waals surface area (Å²) in [6.45, 7) is 3.59. The number of aliphatic hydroxyl groups is 1. The van der Waals surface area contributed by atoms with E-state index in [1.807, 2.05) is 5.32 Å². The Hall–Kier alpha value is -5.65. The lowest BCUT2D eigenvalue weighted by Gasteiger charge is -2.26. The average molecular weight is 900 g/mol. The van der Waals surface area contributed by atoms with E-state index in [2.05, 4.69) is 35.0 Å². The molecule has 0 unspecified atom stereocenters. The summed E-state index contributed by atoms with van der Waals surface area (Å²) >= 11 is 0. The minimum absolute atomic E-state index is 0.0431. The molecule has 63 heavy (non-hydrogen) atoms. The van der Waals surface area contributed by atoms with E-state index in [4.69, 9.17) is 0 Å². The third-order valence-electron chi connectivity index (χ3n) is 9.42. The normalized spacial score (nSPS) is 12.8. The van der Waals surface area contributed by atoms with E-state index in [9.17, 15) is 78.6 Å². The van der Waals surface area contributed by atoms with Crippen LogP contribution < -0.4 is 21.3 Å². The summed E-state index contributed by atoms with van der Waals surface area (Å²) in [6, 6.07) is -7.21. The Morgan fingerprint density at radius 2 is 0.825 bits per heavy atom. The number of hydrogen-bond acceptors (Lipinski definition) is 15. The van der Waals surface area contributed by atoms with Gasteiger partial charge >= 0.3 is 5.97 Å². The number of carbonyl (C=O) groups is 11. The average Bonchev–Trinajstić information content (AvgIpc) is 3.23. The monoisotopic (exact) mass is 899 g/mol. The molecule has 0 fully saturated rings. The molecule has 0 aliphatic rings. The van der Waals surface area contributed by atoms with E-state index in [0.717, 1.165) is 52.9 Å². The fourth-order valence-electron chi connectivity index (χ4n) is 5.72. The van der Waals surface area contributed by atoms with Crippen LogP contribution in [-0.4, -0.2) is 137 Å². The second-order valence-corrected chi connectivity index (χ2v) is 14.7. The van der Waals surface area contributed by atoms with E-state index >= 15 is 0 Å². The van der Waals surface area contributed by atoms with E-state index in [1.165, 1.54) is 25.7 Å². The summed E-state index contributed by atoms with van der Waals surface area (Å²) in [5.41, 5.74) is 0. The van der Waals surface area contributed by atoms with Gasteiger partial charge in [-0.15, -0.1) is 0 Å². The van der Waals surface area contributed by atoms with Gasteiger partial charge in [0.05, 0.1) is 6.61 Å². The van der Waals surface area contributed by atoms with Crippen molar-refractivity contribution in [2.45, 2.75) is 167 Å². The van der Waals surface area contributed by atoms with Crippen molar-refractivity contribution in [3.05, 3.63) is 12.2 Å². The molecule has 0 rings (SSSR count). The molecule has 356 valence electrons. The van der Waals surface area contributed by atoms with Crippen LogP contribution in [0.15, 0.2) is 12.2 Å². The molecule has 9 N–H and O–H groups in total. The zero-order valence-corrected chi connectivity index (χ0v) is 36.5. The third-order valence-corrected chi connectivity index (χ3v) is 9.42. The number of unbranched alkanes of at least 4 members (excludes halogenated alkanes) is 9. The Bertz CT molecular complexity index is 1610. The van der Waals surface area contributed by atoms with E-state index in [-0.39, 0.29) is 21.6 Å². The van der Waals surface area contributed by atoms with Crippen molar-refractivity contribution in [1.82, 2.24) is 36.5 Å². The first kappa shape index (κ1) is 57.3. The highest BCUT2D eigenvalue weighted by molar-refractivity contribution is 5.97. The number of allylic oxidation sites excluding steroid dienone is 2. The second kappa shape index (κ2) is 32.1. The van der Waals surface area contributed by atoms with Crippen molar-refractivity contribution < 1.29 is 78.6 Å². The van der Waals surface area contributed by atoms with Crippen molar-refractivity contribution in [2.75, 3.05) is 6.61 Å². The number of amides is 10. The second-order valence-electron chi connectivity index (χ2n) is 14.7. The third kappa shape index (κ3) is 24.5. The van der Waals surface area contributed by atoms with Gasteiger partial charge in [-0.3, -0.25) is 63.6 Å². The number of carboxylic acids is 1. The highest BCUT2D eigenvalue weighted by Gasteiger charge is 2.33. The summed E-state index contributed by atoms with van der Waals surface area (Å²) in [6.07, 6.45) is 10.9. The van der Waals surface area contributed by atoms with Crippen molar-refractivity contribution >= 4 is 65.0 Å². The Morgan fingerprint density at radius 1 is 0.476 bits per heavy atom. The Balaban J connectivity index is 6.00. The first-order chi connectivity index (χ1) is 29.7. The first-order valence-corrected chi connectivity index (χ1v) is 20.9. The van der Waals surface area contributed by atoms with Gasteiger partial charge in [0.15, 0.2) is 0 Å². The van der Waals surface area contributed by atoms with Crippen LogP contribution in [-0.2, 0) is 52.7 Å². The van der Waals surface area contributed by atoms with Crippen LogP contribution in [0, 0.1) is 0 Å². The minimum atomic E-state index is -1.93. The van der Waals surface area contributed by atoms with Gasteiger partial charge in [-0.1, -0.05) is 57.6 Å². The Morgan fingerprint density at radius 3 is 1.24 bits per heavy atom. The van der Waals surface area contributed by atoms with Gasteiger partial charge in [-0.2, -0.15) is 15.2 Å². The lowest BCUT2D eigenvalue weighted by Crippen LogP contribution is -2.58. The molecule has 0 saturated carbocycles. The number of carbonyl (C=O) groups excluding carboxylic acids is 10. The lowest BCUT2D eigenvalue weighted by molar-refractivity contribution is -0.178. The van der Waals surface area contributed by atoms with Gasteiger partial charge in [-0.25, -0.2) is 4.79 Å². The molecule has 0 aromatic heterocycles. The molecule has 23 heteroatoms. The number of imide groups is 3. The van der Waals surface area contributed by atoms with Gasteiger partial charge in [0, 0.05) is 46.5 Å². The molecule has 0 aromatic rings. The number of nitrogens with zero attached hydrogens (tertiary/aromatic N) is 3. The summed E-state index contributed by atoms with van der Waals surface area (Å²) in [7, 11) is 0. The lowest BCUT2D eigenvalue weighted by atomic mass is 10.1. The van der Waals surface area contributed by atoms with Crippen LogP contribution in [0.25, 0.3) is 0 Å². The fraction of sp³-hybridized carbons (Fsp3) is 0.675. The topological polar surface area (TPSA) is 347 Å². The summed E-state index contributed by atoms with van der Waals surface area (Å²) in [5, 5.41) is 56.5. The molecule has 0 aliphatic carbocycles. The Labute approximate surface area is 365 Å². The van der Waals surface area contributed by atoms with Gasteiger partial charge < -0.3 is 31.5 Å². The maximum atomic E-state index is 13.7. The van der Waals surface area contributed by atoms with Crippen molar-refractivity contribution in [3.8, 4) is 0 Å². The number of carboxylic acid groups (broad SMARTS) is 1. The molecule has 0 spiro atoms. The van der Waals surface area contributed by atoms with Gasteiger partial charge in [0.25, 0.3) is 17.7 Å². The highest BCUT2D eigenvalue weighted by Crippen LogP contribution is 2.11. The van der Waals surface area contributed by atoms with Gasteiger partial charge in [0.2, 0.25) is 41.4 Å². The highest BCUT2D eigenvalue weighted by atomic mass is 16.5. The molecule has 0 bridgehead atoms. The van der Waals surface area contributed by atoms with Crippen molar-refractivity contribution in [3.63, 3.8) is 0 Å². The van der Waals surface area contributed by atoms with Crippen molar-refractivity contribution in [2.24, 2.45) is 0 Å². The van der Waals surface area contributed by atoms with Crippen LogP contribution in [0.4, 0.5) is 0 Å². The summed E-state index contributed by atoms with van der Waals surface area (Å²) in [5.74, 6) is -12.8. The van der Waals surface area contributed by atoms with Crippen LogP contribution >= 0.6 is 0 Å². The zero-order chi connectivity index (χ0) is 48.1. The Kier molecular flexibility index (Phi) is 29.2. The molecule has 23 nitrogen and oxygen atoms in total. The van der Waals surface area contributed by atoms with Crippen LogP contribution in [0.3, 0.4) is 0 Å². The van der Waals surface area contributed by atoms with Crippen molar-refractivity contribution in [1.29, 1.82) is 0 Å². The zero-order valence-electron chi connectivity index (χ0n) is 36.5. The molecular formula is C40H65N7O16. The predicted molar refractivity (Wildman–Crippen MR) is 218 cm³/mol. The number of aliphatic hydroxyl groups excluding tert-OH is 1. The molecule has 0 aromatic carbocycles. The van der Waals surface area contributed by atoms with Gasteiger partial charge in [0.1, 0.15) is 24.2 Å². The van der Waals surface area contributed by atoms with Crippen LogP contribution in [0.1, 0.15) is 143 Å². The molecule has 0 radical (unpaired) electrons. The largest absolute Gasteiger partial charge is 0.480 e. The first-order valence-electron chi connectivity index (χ1n) is 20.9. The SMILES string of the molecule is CCCCCC/C=C\CCCCCCCC(=O)N[C@@H](CCC(=O)N(O)C(C)=O)C(=O)N[C@@H](CCC(=O)N(O)C(C)=O)C(=O)N[C@@H](CO)C(=O)N[C@@H](CCC(=O)N(O)C(C)=O)C(=O)O. The van der Waals surface area contributed by atoms with E-state index < -0.39 is 134 Å². The van der Waals surface area contributed by atoms with E-state index in [0.29, 0.717) is 12.8 Å². The molecule has 0 heterocycles. The number of rotatable bonds is 31. The van der Waals surface area contributed by atoms with Gasteiger partial charge in [-0.05, 0) is 51.4 Å². The molecular weight excluding hydrogens is 834 g/mol. The minimum Gasteiger partial charge on any atom is -0.480 e. The number of hydrogen-bond donors (Lipinski definition) is 9.